The zero-order valence-corrected chi connectivity index (χ0v) is 19.1. The van der Waals surface area contributed by atoms with Crippen molar-refractivity contribution in [3.05, 3.63) is 64.3 Å². The van der Waals surface area contributed by atoms with Gasteiger partial charge in [-0.2, -0.15) is 0 Å². The quantitative estimate of drug-likeness (QED) is 0.521. The summed E-state index contributed by atoms with van der Waals surface area (Å²) in [5.41, 5.74) is 1.93. The topological polar surface area (TPSA) is 74.5 Å². The number of hydrogen-bond acceptors (Lipinski definition) is 4. The molecule has 5 nitrogen and oxygen atoms in total. The second-order valence-electron chi connectivity index (χ2n) is 6.75. The van der Waals surface area contributed by atoms with Crippen molar-refractivity contribution < 1.29 is 53.7 Å². The van der Waals surface area contributed by atoms with Crippen LogP contribution in [0.2, 0.25) is 5.02 Å². The molecule has 1 unspecified atom stereocenters. The first-order valence-electron chi connectivity index (χ1n) is 8.84. The third kappa shape index (κ3) is 5.32. The van der Waals surface area contributed by atoms with Gasteiger partial charge in [0.1, 0.15) is 5.75 Å². The van der Waals surface area contributed by atoms with Crippen LogP contribution in [0.25, 0.3) is 10.9 Å². The van der Waals surface area contributed by atoms with Crippen molar-refractivity contribution in [1.29, 1.82) is 0 Å². The van der Waals surface area contributed by atoms with Gasteiger partial charge in [-0.05, 0) is 24.3 Å². The Morgan fingerprint density at radius 1 is 1.31 bits per heavy atom. The Labute approximate surface area is 195 Å². The summed E-state index contributed by atoms with van der Waals surface area (Å²) in [5.74, 6) is -0.958. The number of aliphatic hydroxyl groups is 1. The average Bonchev–Trinajstić information content (AvgIpc) is 3.04. The van der Waals surface area contributed by atoms with E-state index in [1.807, 2.05) is 4.57 Å². The molecule has 0 spiro atoms. The summed E-state index contributed by atoms with van der Waals surface area (Å²) in [7, 11) is 0. The molecular formula is C21H20ClFNNaO4. The maximum Gasteiger partial charge on any atom is 1.00 e. The van der Waals surface area contributed by atoms with E-state index in [9.17, 15) is 19.4 Å². The molecular weight excluding hydrogens is 408 g/mol. The number of carbonyl (C=O) groups is 1. The number of carboxylic acids is 1. The van der Waals surface area contributed by atoms with E-state index in [0.717, 1.165) is 5.56 Å². The smallest absolute Gasteiger partial charge is 0.545 e. The van der Waals surface area contributed by atoms with Crippen molar-refractivity contribution in [3.63, 3.8) is 0 Å². The molecule has 0 bridgehead atoms. The van der Waals surface area contributed by atoms with Gasteiger partial charge in [0.15, 0.2) is 0 Å². The molecule has 1 atom stereocenters. The monoisotopic (exact) mass is 427 g/mol. The van der Waals surface area contributed by atoms with Gasteiger partial charge in [0, 0.05) is 44.7 Å². The van der Waals surface area contributed by atoms with Crippen molar-refractivity contribution in [3.8, 4) is 5.75 Å². The van der Waals surface area contributed by atoms with Crippen LogP contribution < -0.4 is 39.4 Å². The van der Waals surface area contributed by atoms with Gasteiger partial charge < -0.3 is 24.3 Å². The standard InChI is InChI=1S/C21H21ClFNO4.Na/c1-13(8-23)12-28-19-6-5-16(22)7-14(19)9-24-10-15(11-25)20-17(21(26)27)3-2-4-18(20)24;/h2-7,10,13,25H,8-9,11-12H2,1H3,(H,26,27);/q;+1/p-1. The number of alkyl halides is 1. The van der Waals surface area contributed by atoms with Crippen LogP contribution in [0.1, 0.15) is 28.4 Å². The summed E-state index contributed by atoms with van der Waals surface area (Å²) in [6.07, 6.45) is 1.70. The number of aliphatic hydroxyl groups excluding tert-OH is 1. The second kappa shape index (κ2) is 10.5. The van der Waals surface area contributed by atoms with Crippen LogP contribution in [0, 0.1) is 5.92 Å². The number of benzene rings is 2. The molecule has 2 aromatic carbocycles. The van der Waals surface area contributed by atoms with Gasteiger partial charge in [-0.25, -0.2) is 0 Å². The van der Waals surface area contributed by atoms with Crippen LogP contribution in [0.5, 0.6) is 5.75 Å². The van der Waals surface area contributed by atoms with Crippen LogP contribution >= 0.6 is 11.6 Å². The number of aromatic carboxylic acids is 1. The summed E-state index contributed by atoms with van der Waals surface area (Å²) in [5, 5.41) is 22.1. The molecule has 0 aliphatic carbocycles. The third-order valence-corrected chi connectivity index (χ3v) is 4.76. The van der Waals surface area contributed by atoms with Crippen molar-refractivity contribution in [2.24, 2.45) is 5.92 Å². The van der Waals surface area contributed by atoms with E-state index in [1.54, 1.807) is 43.5 Å². The normalized spacial score (nSPS) is 11.9. The fourth-order valence-electron chi connectivity index (χ4n) is 3.13. The van der Waals surface area contributed by atoms with Crippen LogP contribution in [0.3, 0.4) is 0 Å². The van der Waals surface area contributed by atoms with Crippen molar-refractivity contribution in [1.82, 2.24) is 4.57 Å². The zero-order chi connectivity index (χ0) is 20.3. The maximum atomic E-state index is 12.7. The number of halogens is 2. The van der Waals surface area contributed by atoms with E-state index in [1.165, 1.54) is 6.07 Å². The summed E-state index contributed by atoms with van der Waals surface area (Å²) >= 11 is 6.14. The van der Waals surface area contributed by atoms with E-state index < -0.39 is 12.6 Å². The summed E-state index contributed by atoms with van der Waals surface area (Å²) < 4.78 is 20.3. The average molecular weight is 428 g/mol. The van der Waals surface area contributed by atoms with Crippen molar-refractivity contribution >= 4 is 28.5 Å². The number of carboxylic acid groups (broad SMARTS) is 1. The molecule has 3 rings (SSSR count). The van der Waals surface area contributed by atoms with Gasteiger partial charge in [-0.3, -0.25) is 4.39 Å². The van der Waals surface area contributed by atoms with Crippen LogP contribution in [-0.2, 0) is 13.2 Å². The summed E-state index contributed by atoms with van der Waals surface area (Å²) in [4.78, 5) is 11.5. The van der Waals surface area contributed by atoms with Gasteiger partial charge in [0.2, 0.25) is 0 Å². The third-order valence-electron chi connectivity index (χ3n) is 4.52. The Kier molecular flexibility index (Phi) is 8.55. The molecule has 0 amide bonds. The number of carbonyl (C=O) groups excluding carboxylic acids is 1. The number of fused-ring (bicyclic) bond motifs is 1. The van der Waals surface area contributed by atoms with E-state index in [4.69, 9.17) is 16.3 Å². The van der Waals surface area contributed by atoms with Gasteiger partial charge in [-0.1, -0.05) is 30.7 Å². The van der Waals surface area contributed by atoms with Gasteiger partial charge in [0.25, 0.3) is 0 Å². The molecule has 0 aliphatic heterocycles. The largest absolute Gasteiger partial charge is 1.00 e. The SMILES string of the molecule is CC(CF)COc1ccc(Cl)cc1Cn1cc(CO)c2c(C(=O)[O-])cccc21.[Na+]. The minimum Gasteiger partial charge on any atom is -0.545 e. The molecule has 0 fully saturated rings. The molecule has 0 saturated carbocycles. The fourth-order valence-corrected chi connectivity index (χ4v) is 3.33. The predicted molar refractivity (Wildman–Crippen MR) is 103 cm³/mol. The molecule has 148 valence electrons. The first-order chi connectivity index (χ1) is 13.4. The first-order valence-corrected chi connectivity index (χ1v) is 9.22. The van der Waals surface area contributed by atoms with Crippen molar-refractivity contribution in [2.75, 3.05) is 13.3 Å². The molecule has 1 heterocycles. The van der Waals surface area contributed by atoms with Crippen LogP contribution in [-0.4, -0.2) is 28.9 Å². The molecule has 0 aliphatic rings. The Morgan fingerprint density at radius 2 is 2.07 bits per heavy atom. The van der Waals surface area contributed by atoms with E-state index in [-0.39, 0.29) is 54.3 Å². The number of nitrogens with zero attached hydrogens (tertiary/aromatic N) is 1. The van der Waals surface area contributed by atoms with E-state index >= 15 is 0 Å². The minimum absolute atomic E-state index is 0. The molecule has 8 heteroatoms. The number of hydrogen-bond donors (Lipinski definition) is 1. The van der Waals surface area contributed by atoms with Gasteiger partial charge in [0.05, 0.1) is 32.4 Å². The number of rotatable bonds is 8. The molecule has 0 radical (unpaired) electrons. The summed E-state index contributed by atoms with van der Waals surface area (Å²) in [6, 6.07) is 10.0. The molecule has 29 heavy (non-hydrogen) atoms. The maximum absolute atomic E-state index is 12.7. The Bertz CT molecular complexity index is 1010. The molecule has 3 aromatic rings. The Hall–Kier alpha value is -1.57. The van der Waals surface area contributed by atoms with Gasteiger partial charge >= 0.3 is 29.6 Å². The Balaban J connectivity index is 0.00000300. The molecule has 0 saturated heterocycles. The van der Waals surface area contributed by atoms with Gasteiger partial charge in [-0.15, -0.1) is 0 Å². The zero-order valence-electron chi connectivity index (χ0n) is 16.3. The van der Waals surface area contributed by atoms with Crippen LogP contribution in [0.15, 0.2) is 42.6 Å². The van der Waals surface area contributed by atoms with Crippen LogP contribution in [0.4, 0.5) is 4.39 Å². The van der Waals surface area contributed by atoms with E-state index in [0.29, 0.717) is 33.8 Å². The second-order valence-corrected chi connectivity index (χ2v) is 7.19. The first kappa shape index (κ1) is 23.7. The fraction of sp³-hybridized carbons (Fsp3) is 0.286. The minimum atomic E-state index is -1.30. The molecule has 1 N–H and O–H groups in total. The van der Waals surface area contributed by atoms with Crippen molar-refractivity contribution in [2.45, 2.75) is 20.1 Å². The number of aromatic nitrogens is 1. The predicted octanol–water partition coefficient (Wildman–Crippen LogP) is 0.187. The Morgan fingerprint density at radius 3 is 2.72 bits per heavy atom. The number of ether oxygens (including phenoxy) is 1. The molecule has 1 aromatic heterocycles. The van der Waals surface area contributed by atoms with E-state index in [2.05, 4.69) is 0 Å². The summed E-state index contributed by atoms with van der Waals surface area (Å²) in [6.45, 7) is 1.54.